The standard InChI is InChI=1S/C16H16O2S4.C16H16S4.Ni/c1-17-11-3-7-13(8-4-11)21-15(19)16(20)22-14-9-5-12(18-2)6-10-14;1-11-3-7-13(8-4-11)19-15(17)16(18)20-14-9-5-12(2)6-10-14;/h3-10,19-20H,1-2H3;3-10,17-18H,1-2H3;/p-4/b2*16-15-;. The molecule has 0 unspecified atom stereocenters. The first kappa shape index (κ1) is 37.9. The molecule has 11 heteroatoms. The van der Waals surface area contributed by atoms with E-state index >= 15 is 0 Å². The van der Waals surface area contributed by atoms with Crippen molar-refractivity contribution in [2.75, 3.05) is 14.2 Å². The Morgan fingerprint density at radius 2 is 0.628 bits per heavy atom. The molecule has 0 amide bonds. The Labute approximate surface area is 305 Å². The Morgan fingerprint density at radius 1 is 0.419 bits per heavy atom. The molecule has 0 fully saturated rings. The van der Waals surface area contributed by atoms with Crippen LogP contribution in [0.5, 0.6) is 11.5 Å². The molecule has 0 radical (unpaired) electrons. The molecule has 230 valence electrons. The predicted octanol–water partition coefficient (Wildman–Crippen LogP) is 10.2. The van der Waals surface area contributed by atoms with Gasteiger partial charge in [-0.15, -0.1) is 64.0 Å². The Morgan fingerprint density at radius 3 is 0.837 bits per heavy atom. The van der Waals surface area contributed by atoms with Crippen LogP contribution in [0.4, 0.5) is 0 Å². The van der Waals surface area contributed by atoms with Gasteiger partial charge in [-0.2, -0.15) is 0 Å². The van der Waals surface area contributed by atoms with E-state index in [2.05, 4.69) is 62.4 Å². The van der Waals surface area contributed by atoms with Gasteiger partial charge in [-0.1, -0.05) is 35.4 Å². The summed E-state index contributed by atoms with van der Waals surface area (Å²) in [4.78, 5) is 4.35. The molecule has 4 aromatic rings. The fourth-order valence-corrected chi connectivity index (χ4v) is 7.53. The van der Waals surface area contributed by atoms with Crippen molar-refractivity contribution in [2.24, 2.45) is 0 Å². The summed E-state index contributed by atoms with van der Waals surface area (Å²) in [5.41, 5.74) is 2.49. The maximum absolute atomic E-state index is 5.42. The van der Waals surface area contributed by atoms with Gasteiger partial charge in [0.25, 0.3) is 0 Å². The van der Waals surface area contributed by atoms with Gasteiger partial charge >= 0.3 is 0 Å². The number of rotatable bonds is 10. The number of methoxy groups -OCH3 is 2. The van der Waals surface area contributed by atoms with Gasteiger partial charge in [0.15, 0.2) is 0 Å². The summed E-state index contributed by atoms with van der Waals surface area (Å²) in [6, 6.07) is 32.1. The molecule has 0 atom stereocenters. The van der Waals surface area contributed by atoms with Crippen LogP contribution in [0, 0.1) is 13.8 Å². The second-order valence-corrected chi connectivity index (χ2v) is 15.5. The zero-order valence-corrected chi connectivity index (χ0v) is 31.2. The number of ether oxygens (including phenoxy) is 2. The third-order valence-corrected chi connectivity index (χ3v) is 11.8. The van der Waals surface area contributed by atoms with Crippen LogP contribution in [0.2, 0.25) is 0 Å². The summed E-state index contributed by atoms with van der Waals surface area (Å²) in [7, 11) is 3.29. The molecule has 4 aromatic carbocycles. The van der Waals surface area contributed by atoms with E-state index < -0.39 is 0 Å². The van der Waals surface area contributed by atoms with Crippen molar-refractivity contribution >= 4 is 97.6 Å². The first-order chi connectivity index (χ1) is 20.2. The molecule has 43 heavy (non-hydrogen) atoms. The van der Waals surface area contributed by atoms with Crippen LogP contribution in [0.3, 0.4) is 0 Å². The minimum atomic E-state index is 0. The van der Waals surface area contributed by atoms with E-state index in [0.29, 0.717) is 8.47 Å². The van der Waals surface area contributed by atoms with Gasteiger partial charge in [-0.3, -0.25) is 0 Å². The smallest absolute Gasteiger partial charge is 0.118 e. The van der Waals surface area contributed by atoms with Crippen LogP contribution in [0.15, 0.2) is 134 Å². The normalized spacial score (nSPS) is 11.6. The van der Waals surface area contributed by atoms with E-state index in [4.69, 9.17) is 60.0 Å². The van der Waals surface area contributed by atoms with Gasteiger partial charge in [0, 0.05) is 36.1 Å². The fraction of sp³-hybridized carbons (Fsp3) is 0.125. The topological polar surface area (TPSA) is 18.5 Å². The minimum absolute atomic E-state index is 0. The number of aryl methyl sites for hydroxylation is 2. The van der Waals surface area contributed by atoms with Crippen molar-refractivity contribution in [2.45, 2.75) is 33.4 Å². The first-order valence-corrected chi connectivity index (χ1v) is 17.4. The summed E-state index contributed by atoms with van der Waals surface area (Å²) in [5, 5.41) is 0. The van der Waals surface area contributed by atoms with Gasteiger partial charge in [0.1, 0.15) is 11.5 Å². The average Bonchev–Trinajstić information content (AvgIpc) is 3.00. The Balaban J connectivity index is 0.000000295. The molecule has 4 rings (SSSR count). The number of thioether (sulfide) groups is 4. The van der Waals surface area contributed by atoms with Gasteiger partial charge in [0.2, 0.25) is 0 Å². The third kappa shape index (κ3) is 13.7. The second-order valence-electron chi connectivity index (χ2n) is 8.54. The molecule has 0 aliphatic rings. The Hall–Kier alpha value is -1.27. The first-order valence-electron chi connectivity index (χ1n) is 12.5. The molecule has 2 nitrogen and oxygen atoms in total. The summed E-state index contributed by atoms with van der Waals surface area (Å²) in [6.45, 7) is 4.15. The zero-order chi connectivity index (χ0) is 30.5. The van der Waals surface area contributed by atoms with Crippen molar-refractivity contribution < 1.29 is 26.0 Å². The van der Waals surface area contributed by atoms with E-state index in [1.165, 1.54) is 34.7 Å². The Bertz CT molecular complexity index is 1360. The molecule has 0 aliphatic heterocycles. The predicted molar refractivity (Wildman–Crippen MR) is 195 cm³/mol. The van der Waals surface area contributed by atoms with E-state index in [0.717, 1.165) is 39.6 Å². The van der Waals surface area contributed by atoms with Gasteiger partial charge in [-0.25, -0.2) is 0 Å². The quantitative estimate of drug-likeness (QED) is 0.0880. The van der Waals surface area contributed by atoms with E-state index in [-0.39, 0.29) is 16.5 Å². The van der Waals surface area contributed by atoms with Crippen molar-refractivity contribution in [1.82, 2.24) is 0 Å². The number of hydrogen-bond acceptors (Lipinski definition) is 10. The molecule has 0 bridgehead atoms. The van der Waals surface area contributed by atoms with Crippen LogP contribution in [-0.2, 0) is 67.0 Å². The van der Waals surface area contributed by atoms with Crippen molar-refractivity contribution in [1.29, 1.82) is 0 Å². The maximum atomic E-state index is 5.42. The van der Waals surface area contributed by atoms with Gasteiger partial charge in [0.05, 0.1) is 14.2 Å². The maximum Gasteiger partial charge on any atom is 0.118 e. The monoisotopic (exact) mass is 758 g/mol. The van der Waals surface area contributed by atoms with Crippen molar-refractivity contribution in [3.63, 3.8) is 0 Å². The molecular weight excluding hydrogens is 732 g/mol. The number of benzene rings is 4. The van der Waals surface area contributed by atoms with E-state index in [1.54, 1.807) is 37.7 Å². The Kier molecular flexibility index (Phi) is 17.6. The molecule has 0 aromatic heterocycles. The summed E-state index contributed by atoms with van der Waals surface area (Å²) >= 11 is 27.7. The molecule has 0 saturated carbocycles. The van der Waals surface area contributed by atoms with Crippen molar-refractivity contribution in [3.05, 3.63) is 125 Å². The molecule has 0 N–H and O–H groups in total. The van der Waals surface area contributed by atoms with Crippen LogP contribution < -0.4 is 9.47 Å². The SMILES string of the molecule is COc1ccc(S/C([S-])=C(/[S-])Sc2ccc(OC)cc2)cc1.Cc1ccc(S/C([S-])=C(/[S-])Sc2ccc(C)cc2)cc1.[Ni]. The average molecular weight is 760 g/mol. The van der Waals surface area contributed by atoms with Gasteiger partial charge in [-0.05, 0) is 86.6 Å². The van der Waals surface area contributed by atoms with Crippen LogP contribution in [0.1, 0.15) is 11.1 Å². The zero-order valence-electron chi connectivity index (χ0n) is 23.6. The summed E-state index contributed by atoms with van der Waals surface area (Å²) in [5.74, 6) is 1.65. The molecular formula is C32H28NiO2S8-4. The third-order valence-electron chi connectivity index (χ3n) is 5.34. The molecule has 0 aliphatic carbocycles. The molecule has 0 saturated heterocycles. The molecule has 0 heterocycles. The van der Waals surface area contributed by atoms with E-state index in [9.17, 15) is 0 Å². The minimum Gasteiger partial charge on any atom is -0.774 e. The summed E-state index contributed by atoms with van der Waals surface area (Å²) < 4.78 is 13.2. The van der Waals surface area contributed by atoms with Crippen LogP contribution in [0.25, 0.3) is 0 Å². The van der Waals surface area contributed by atoms with Crippen LogP contribution in [-0.4, -0.2) is 14.2 Å². The van der Waals surface area contributed by atoms with Crippen LogP contribution >= 0.6 is 47.0 Å². The summed E-state index contributed by atoms with van der Waals surface area (Å²) in [6.07, 6.45) is 0. The fourth-order valence-electron chi connectivity index (χ4n) is 3.09. The number of hydrogen-bond donors (Lipinski definition) is 0. The largest absolute Gasteiger partial charge is 0.774 e. The molecule has 0 spiro atoms. The van der Waals surface area contributed by atoms with Crippen molar-refractivity contribution in [3.8, 4) is 11.5 Å². The van der Waals surface area contributed by atoms with E-state index in [1.807, 2.05) is 48.5 Å². The second kappa shape index (κ2) is 20.0. The van der Waals surface area contributed by atoms with Gasteiger partial charge < -0.3 is 60.0 Å².